The molecule has 0 atom stereocenters. The van der Waals surface area contributed by atoms with Crippen LogP contribution in [0, 0.1) is 5.82 Å². The maximum Gasteiger partial charge on any atom is 0.197 e. The third kappa shape index (κ3) is 3.19. The number of ketones is 1. The highest BCUT2D eigenvalue weighted by Crippen LogP contribution is 2.27. The van der Waals surface area contributed by atoms with Gasteiger partial charge in [-0.25, -0.2) is 9.37 Å². The summed E-state index contributed by atoms with van der Waals surface area (Å²) in [5.74, 6) is 0.259. The van der Waals surface area contributed by atoms with E-state index < -0.39 is 5.82 Å². The van der Waals surface area contributed by atoms with Crippen LogP contribution in [-0.4, -0.2) is 31.1 Å². The smallest absolute Gasteiger partial charge is 0.197 e. The van der Waals surface area contributed by atoms with E-state index >= 15 is 0 Å². The van der Waals surface area contributed by atoms with Gasteiger partial charge in [0.2, 0.25) is 0 Å². The summed E-state index contributed by atoms with van der Waals surface area (Å²) in [6.07, 6.45) is 0. The van der Waals surface area contributed by atoms with Crippen molar-refractivity contribution in [3.63, 3.8) is 0 Å². The number of carbonyl (C=O) groups is 1. The van der Waals surface area contributed by atoms with Crippen LogP contribution in [0.5, 0.6) is 0 Å². The molecule has 0 radical (unpaired) electrons. The van der Waals surface area contributed by atoms with Crippen LogP contribution in [0.25, 0.3) is 16.6 Å². The number of carbonyl (C=O) groups excluding carboxylic acids is 1. The molecule has 5 nitrogen and oxygen atoms in total. The summed E-state index contributed by atoms with van der Waals surface area (Å²) in [6, 6.07) is 13.8. The molecule has 27 heavy (non-hydrogen) atoms. The largest absolute Gasteiger partial charge is 0.293 e. The molecular formula is C20H17FN4OS. The van der Waals surface area contributed by atoms with Crippen LogP contribution >= 0.6 is 11.8 Å². The van der Waals surface area contributed by atoms with Crippen molar-refractivity contribution in [3.8, 4) is 0 Å². The molecule has 0 bridgehead atoms. The number of Topliss-reactive ketones (excluding diaryl/α,β-unsaturated/α-hetero) is 1. The molecule has 0 N–H and O–H groups in total. The van der Waals surface area contributed by atoms with E-state index in [0.29, 0.717) is 10.8 Å². The van der Waals surface area contributed by atoms with Gasteiger partial charge in [0, 0.05) is 11.3 Å². The molecule has 0 aliphatic carbocycles. The first-order valence-electron chi connectivity index (χ1n) is 8.60. The molecule has 0 aliphatic heterocycles. The van der Waals surface area contributed by atoms with Crippen LogP contribution < -0.4 is 0 Å². The third-order valence-electron chi connectivity index (χ3n) is 4.27. The van der Waals surface area contributed by atoms with Crippen molar-refractivity contribution in [1.82, 2.24) is 19.6 Å². The predicted octanol–water partition coefficient (Wildman–Crippen LogP) is 4.52. The van der Waals surface area contributed by atoms with Gasteiger partial charge in [-0.05, 0) is 24.3 Å². The molecule has 0 saturated carbocycles. The van der Waals surface area contributed by atoms with Gasteiger partial charge in [-0.15, -0.1) is 10.2 Å². The van der Waals surface area contributed by atoms with E-state index in [9.17, 15) is 9.18 Å². The topological polar surface area (TPSA) is 60.2 Å². The predicted molar refractivity (Wildman–Crippen MR) is 104 cm³/mol. The van der Waals surface area contributed by atoms with Gasteiger partial charge in [-0.2, -0.15) is 0 Å². The Hall–Kier alpha value is -2.80. The quantitative estimate of drug-likeness (QED) is 0.376. The number of aromatic nitrogens is 4. The van der Waals surface area contributed by atoms with E-state index in [0.717, 1.165) is 16.7 Å². The van der Waals surface area contributed by atoms with Crippen molar-refractivity contribution in [3.05, 3.63) is 65.7 Å². The lowest BCUT2D eigenvalue weighted by Crippen LogP contribution is -2.08. The number of benzene rings is 2. The van der Waals surface area contributed by atoms with E-state index in [1.165, 1.54) is 23.9 Å². The van der Waals surface area contributed by atoms with Gasteiger partial charge >= 0.3 is 0 Å². The summed E-state index contributed by atoms with van der Waals surface area (Å²) in [6.45, 7) is 4.10. The normalized spacial score (nSPS) is 11.6. The Bertz CT molecular complexity index is 1160. The summed E-state index contributed by atoms with van der Waals surface area (Å²) in [4.78, 5) is 17.2. The van der Waals surface area contributed by atoms with Gasteiger partial charge in [0.1, 0.15) is 11.6 Å². The molecular weight excluding hydrogens is 363 g/mol. The number of para-hydroxylation sites is 1. The Morgan fingerprint density at radius 1 is 1.11 bits per heavy atom. The number of hydrogen-bond acceptors (Lipinski definition) is 5. The molecule has 2 aromatic carbocycles. The molecule has 136 valence electrons. The van der Waals surface area contributed by atoms with E-state index in [2.05, 4.69) is 24.0 Å². The maximum atomic E-state index is 13.8. The summed E-state index contributed by atoms with van der Waals surface area (Å²) < 4.78 is 15.7. The number of fused-ring (bicyclic) bond motifs is 3. The zero-order valence-corrected chi connectivity index (χ0v) is 15.7. The fourth-order valence-corrected chi connectivity index (χ4v) is 3.78. The fraction of sp³-hybridized carbons (Fsp3) is 0.200. The average molecular weight is 380 g/mol. The van der Waals surface area contributed by atoms with E-state index in [-0.39, 0.29) is 23.0 Å². The second-order valence-electron chi connectivity index (χ2n) is 6.48. The standard InChI is InChI=1S/C20H17FN4OS/c1-12(2)18-22-16-10-6-4-8-14(16)19-23-24-20(25(18)19)27-11-17(26)13-7-3-5-9-15(13)21/h3-10,12H,11H2,1-2H3. The van der Waals surface area contributed by atoms with Crippen LogP contribution in [0.15, 0.2) is 53.7 Å². The highest BCUT2D eigenvalue weighted by atomic mass is 32.2. The van der Waals surface area contributed by atoms with Gasteiger partial charge in [-0.1, -0.05) is 49.9 Å². The van der Waals surface area contributed by atoms with Gasteiger partial charge < -0.3 is 0 Å². The Morgan fingerprint density at radius 2 is 1.85 bits per heavy atom. The zero-order valence-electron chi connectivity index (χ0n) is 14.9. The molecule has 0 fully saturated rings. The van der Waals surface area contributed by atoms with E-state index in [1.807, 2.05) is 28.7 Å². The van der Waals surface area contributed by atoms with Crippen molar-refractivity contribution in [1.29, 1.82) is 0 Å². The second kappa shape index (κ2) is 7.08. The minimum absolute atomic E-state index is 0.0755. The van der Waals surface area contributed by atoms with Gasteiger partial charge in [0.25, 0.3) is 0 Å². The third-order valence-corrected chi connectivity index (χ3v) is 5.19. The highest BCUT2D eigenvalue weighted by molar-refractivity contribution is 7.99. The van der Waals surface area contributed by atoms with Gasteiger partial charge in [0.15, 0.2) is 16.6 Å². The Morgan fingerprint density at radius 3 is 2.63 bits per heavy atom. The van der Waals surface area contributed by atoms with Crippen LogP contribution in [0.2, 0.25) is 0 Å². The molecule has 2 aromatic heterocycles. The van der Waals surface area contributed by atoms with Crippen LogP contribution in [0.3, 0.4) is 0 Å². The number of nitrogens with zero attached hydrogens (tertiary/aromatic N) is 4. The molecule has 2 heterocycles. The Balaban J connectivity index is 1.73. The second-order valence-corrected chi connectivity index (χ2v) is 7.42. The molecule has 0 saturated heterocycles. The number of hydrogen-bond donors (Lipinski definition) is 0. The molecule has 4 aromatic rings. The SMILES string of the molecule is CC(C)c1nc2ccccc2c2nnc(SCC(=O)c3ccccc3F)n12. The number of rotatable bonds is 5. The summed E-state index contributed by atoms with van der Waals surface area (Å²) >= 11 is 1.24. The monoisotopic (exact) mass is 380 g/mol. The van der Waals surface area contributed by atoms with E-state index in [4.69, 9.17) is 4.98 Å². The van der Waals surface area contributed by atoms with Gasteiger partial charge in [0.05, 0.1) is 16.8 Å². The number of thioether (sulfide) groups is 1. The van der Waals surface area contributed by atoms with Crippen molar-refractivity contribution in [2.45, 2.75) is 24.9 Å². The van der Waals surface area contributed by atoms with Crippen molar-refractivity contribution >= 4 is 34.1 Å². The molecule has 0 unspecified atom stereocenters. The Kier molecular flexibility index (Phi) is 4.61. The number of halogens is 1. The van der Waals surface area contributed by atoms with Crippen molar-refractivity contribution in [2.75, 3.05) is 5.75 Å². The maximum absolute atomic E-state index is 13.8. The fourth-order valence-electron chi connectivity index (χ4n) is 2.96. The lowest BCUT2D eigenvalue weighted by atomic mass is 10.1. The summed E-state index contributed by atoms with van der Waals surface area (Å²) in [5, 5.41) is 10.1. The van der Waals surface area contributed by atoms with Crippen molar-refractivity contribution in [2.24, 2.45) is 0 Å². The summed E-state index contributed by atoms with van der Waals surface area (Å²) in [7, 11) is 0. The van der Waals surface area contributed by atoms with Crippen LogP contribution in [0.4, 0.5) is 4.39 Å². The first-order valence-corrected chi connectivity index (χ1v) is 9.59. The molecule has 7 heteroatoms. The van der Waals surface area contributed by atoms with E-state index in [1.54, 1.807) is 12.1 Å². The zero-order chi connectivity index (χ0) is 19.0. The minimum atomic E-state index is -0.510. The molecule has 0 spiro atoms. The lowest BCUT2D eigenvalue weighted by Gasteiger charge is -2.11. The Labute approximate surface area is 159 Å². The molecule has 0 aliphatic rings. The first kappa shape index (κ1) is 17.6. The van der Waals surface area contributed by atoms with Crippen LogP contribution in [-0.2, 0) is 0 Å². The molecule has 0 amide bonds. The lowest BCUT2D eigenvalue weighted by molar-refractivity contribution is 0.101. The van der Waals surface area contributed by atoms with Crippen LogP contribution in [0.1, 0.15) is 35.9 Å². The highest BCUT2D eigenvalue weighted by Gasteiger charge is 2.19. The first-order chi connectivity index (χ1) is 13.1. The minimum Gasteiger partial charge on any atom is -0.293 e. The average Bonchev–Trinajstić information content (AvgIpc) is 3.10. The summed E-state index contributed by atoms with van der Waals surface area (Å²) in [5.41, 5.74) is 1.66. The van der Waals surface area contributed by atoms with Gasteiger partial charge in [-0.3, -0.25) is 9.20 Å². The van der Waals surface area contributed by atoms with Crippen molar-refractivity contribution < 1.29 is 9.18 Å². The molecule has 4 rings (SSSR count).